The molecule has 0 saturated heterocycles. The van der Waals surface area contributed by atoms with E-state index in [-0.39, 0.29) is 0 Å². The SMILES string of the molecule is CCc1nc2c(n1C1CCC(C)C1)CCNC2. The lowest BCUT2D eigenvalue weighted by atomic mass is 10.1. The molecule has 1 aromatic rings. The molecule has 2 aliphatic rings. The van der Waals surface area contributed by atoms with Gasteiger partial charge in [0.2, 0.25) is 0 Å². The van der Waals surface area contributed by atoms with Crippen LogP contribution in [0, 0.1) is 5.92 Å². The summed E-state index contributed by atoms with van der Waals surface area (Å²) < 4.78 is 2.60. The van der Waals surface area contributed by atoms with Crippen LogP contribution in [0.15, 0.2) is 0 Å². The largest absolute Gasteiger partial charge is 0.329 e. The topological polar surface area (TPSA) is 29.9 Å². The van der Waals surface area contributed by atoms with Crippen molar-refractivity contribution in [2.45, 2.75) is 58.5 Å². The fourth-order valence-electron chi connectivity index (χ4n) is 3.48. The molecule has 0 radical (unpaired) electrons. The molecule has 0 amide bonds. The van der Waals surface area contributed by atoms with Crippen molar-refractivity contribution in [2.75, 3.05) is 6.54 Å². The van der Waals surface area contributed by atoms with Gasteiger partial charge in [-0.1, -0.05) is 13.8 Å². The fraction of sp³-hybridized carbons (Fsp3) is 0.786. The Morgan fingerprint density at radius 1 is 1.41 bits per heavy atom. The molecule has 1 aromatic heterocycles. The minimum atomic E-state index is 0.731. The molecule has 0 spiro atoms. The molecule has 0 aromatic carbocycles. The molecule has 1 aliphatic carbocycles. The highest BCUT2D eigenvalue weighted by Gasteiger charge is 2.28. The number of hydrogen-bond acceptors (Lipinski definition) is 2. The van der Waals surface area contributed by atoms with Crippen LogP contribution in [0.5, 0.6) is 0 Å². The highest BCUT2D eigenvalue weighted by Crippen LogP contribution is 2.37. The van der Waals surface area contributed by atoms with E-state index in [9.17, 15) is 0 Å². The van der Waals surface area contributed by atoms with Gasteiger partial charge >= 0.3 is 0 Å². The van der Waals surface area contributed by atoms with Gasteiger partial charge in [0.25, 0.3) is 0 Å². The first-order chi connectivity index (χ1) is 8.29. The Kier molecular flexibility index (Phi) is 2.95. The van der Waals surface area contributed by atoms with Crippen LogP contribution in [0.2, 0.25) is 0 Å². The zero-order valence-electron chi connectivity index (χ0n) is 11.0. The van der Waals surface area contributed by atoms with Crippen LogP contribution in [0.4, 0.5) is 0 Å². The highest BCUT2D eigenvalue weighted by atomic mass is 15.1. The molecule has 2 atom stereocenters. The summed E-state index contributed by atoms with van der Waals surface area (Å²) in [7, 11) is 0. The number of aryl methyl sites for hydroxylation is 1. The van der Waals surface area contributed by atoms with Gasteiger partial charge in [0.1, 0.15) is 5.82 Å². The van der Waals surface area contributed by atoms with Crippen LogP contribution in [0.1, 0.15) is 56.4 Å². The second-order valence-corrected chi connectivity index (χ2v) is 5.64. The molecule has 3 heteroatoms. The first-order valence-electron chi connectivity index (χ1n) is 7.09. The maximum absolute atomic E-state index is 4.84. The average Bonchev–Trinajstić information content (AvgIpc) is 2.91. The summed E-state index contributed by atoms with van der Waals surface area (Å²) in [5.41, 5.74) is 2.84. The van der Waals surface area contributed by atoms with Gasteiger partial charge in [0.05, 0.1) is 5.69 Å². The molecular formula is C14H23N3. The van der Waals surface area contributed by atoms with Gasteiger partial charge in [-0.2, -0.15) is 0 Å². The van der Waals surface area contributed by atoms with Gasteiger partial charge < -0.3 is 9.88 Å². The zero-order chi connectivity index (χ0) is 11.8. The van der Waals surface area contributed by atoms with Crippen molar-refractivity contribution in [1.82, 2.24) is 14.9 Å². The van der Waals surface area contributed by atoms with Crippen LogP contribution in [-0.4, -0.2) is 16.1 Å². The van der Waals surface area contributed by atoms with Crippen LogP contribution in [0.3, 0.4) is 0 Å². The average molecular weight is 233 g/mol. The summed E-state index contributed by atoms with van der Waals surface area (Å²) in [6.45, 7) is 6.70. The lowest BCUT2D eigenvalue weighted by molar-refractivity contribution is 0.457. The van der Waals surface area contributed by atoms with Crippen LogP contribution < -0.4 is 5.32 Å². The molecule has 17 heavy (non-hydrogen) atoms. The molecule has 1 fully saturated rings. The molecular weight excluding hydrogens is 210 g/mol. The smallest absolute Gasteiger partial charge is 0.109 e. The molecule has 1 saturated carbocycles. The third kappa shape index (κ3) is 1.90. The van der Waals surface area contributed by atoms with E-state index in [1.165, 1.54) is 36.5 Å². The minimum Gasteiger partial charge on any atom is -0.329 e. The summed E-state index contributed by atoms with van der Waals surface area (Å²) in [5, 5.41) is 3.43. The fourth-order valence-corrected chi connectivity index (χ4v) is 3.48. The standard InChI is InChI=1S/C14H23N3/c1-3-14-16-12-9-15-7-6-13(12)17(14)11-5-4-10(2)8-11/h10-11,15H,3-9H2,1-2H3. The number of rotatable bonds is 2. The highest BCUT2D eigenvalue weighted by molar-refractivity contribution is 5.21. The summed E-state index contributed by atoms with van der Waals surface area (Å²) in [6, 6.07) is 0.731. The number of nitrogens with zero attached hydrogens (tertiary/aromatic N) is 2. The number of nitrogens with one attached hydrogen (secondary N) is 1. The number of aromatic nitrogens is 2. The Morgan fingerprint density at radius 3 is 3.00 bits per heavy atom. The molecule has 1 aliphatic heterocycles. The Balaban J connectivity index is 1.98. The summed E-state index contributed by atoms with van der Waals surface area (Å²) in [4.78, 5) is 4.84. The van der Waals surface area contributed by atoms with Crippen molar-refractivity contribution in [3.63, 3.8) is 0 Å². The van der Waals surface area contributed by atoms with Gasteiger partial charge in [-0.05, 0) is 25.2 Å². The lowest BCUT2D eigenvalue weighted by Crippen LogP contribution is -2.25. The molecule has 3 rings (SSSR count). The van der Waals surface area contributed by atoms with E-state index >= 15 is 0 Å². The van der Waals surface area contributed by atoms with Crippen molar-refractivity contribution in [3.05, 3.63) is 17.2 Å². The molecule has 94 valence electrons. The molecule has 3 nitrogen and oxygen atoms in total. The van der Waals surface area contributed by atoms with Crippen LogP contribution in [-0.2, 0) is 19.4 Å². The van der Waals surface area contributed by atoms with E-state index < -0.39 is 0 Å². The van der Waals surface area contributed by atoms with Crippen molar-refractivity contribution in [2.24, 2.45) is 5.92 Å². The Bertz CT molecular complexity index is 408. The number of hydrogen-bond donors (Lipinski definition) is 1. The quantitative estimate of drug-likeness (QED) is 0.850. The van der Waals surface area contributed by atoms with E-state index in [1.807, 2.05) is 0 Å². The van der Waals surface area contributed by atoms with E-state index in [0.717, 1.165) is 37.9 Å². The van der Waals surface area contributed by atoms with Gasteiger partial charge in [-0.15, -0.1) is 0 Å². The minimum absolute atomic E-state index is 0.731. The van der Waals surface area contributed by atoms with Crippen molar-refractivity contribution >= 4 is 0 Å². The summed E-state index contributed by atoms with van der Waals surface area (Å²) in [6.07, 6.45) is 6.32. The second-order valence-electron chi connectivity index (χ2n) is 5.64. The summed E-state index contributed by atoms with van der Waals surface area (Å²) >= 11 is 0. The Morgan fingerprint density at radius 2 is 2.29 bits per heavy atom. The third-order valence-corrected chi connectivity index (χ3v) is 4.35. The first kappa shape index (κ1) is 11.3. The van der Waals surface area contributed by atoms with Crippen molar-refractivity contribution in [3.8, 4) is 0 Å². The van der Waals surface area contributed by atoms with E-state index in [0.29, 0.717) is 0 Å². The maximum atomic E-state index is 4.84. The van der Waals surface area contributed by atoms with E-state index in [4.69, 9.17) is 4.98 Å². The number of imidazole rings is 1. The predicted octanol–water partition coefficient (Wildman–Crippen LogP) is 2.45. The molecule has 1 N–H and O–H groups in total. The van der Waals surface area contributed by atoms with E-state index in [2.05, 4.69) is 23.7 Å². The Hall–Kier alpha value is -0.830. The maximum Gasteiger partial charge on any atom is 0.109 e. The normalized spacial score (nSPS) is 28.4. The van der Waals surface area contributed by atoms with Crippen molar-refractivity contribution in [1.29, 1.82) is 0 Å². The van der Waals surface area contributed by atoms with Crippen molar-refractivity contribution < 1.29 is 0 Å². The molecule has 2 heterocycles. The molecule has 0 bridgehead atoms. The Labute approximate surface area is 104 Å². The second kappa shape index (κ2) is 4.45. The monoisotopic (exact) mass is 233 g/mol. The van der Waals surface area contributed by atoms with Gasteiger partial charge in [0, 0.05) is 37.7 Å². The first-order valence-corrected chi connectivity index (χ1v) is 7.09. The lowest BCUT2D eigenvalue weighted by Gasteiger charge is -2.21. The third-order valence-electron chi connectivity index (χ3n) is 4.35. The predicted molar refractivity (Wildman–Crippen MR) is 69.1 cm³/mol. The zero-order valence-corrected chi connectivity index (χ0v) is 11.0. The van der Waals surface area contributed by atoms with Crippen LogP contribution >= 0.6 is 0 Å². The van der Waals surface area contributed by atoms with Gasteiger partial charge in [-0.3, -0.25) is 0 Å². The van der Waals surface area contributed by atoms with E-state index in [1.54, 1.807) is 0 Å². The number of fused-ring (bicyclic) bond motifs is 1. The van der Waals surface area contributed by atoms with Crippen LogP contribution in [0.25, 0.3) is 0 Å². The van der Waals surface area contributed by atoms with Gasteiger partial charge in [-0.25, -0.2) is 4.98 Å². The van der Waals surface area contributed by atoms with Gasteiger partial charge in [0.15, 0.2) is 0 Å². The summed E-state index contributed by atoms with van der Waals surface area (Å²) in [5.74, 6) is 2.21. The molecule has 2 unspecified atom stereocenters.